The lowest BCUT2D eigenvalue weighted by Gasteiger charge is -2.36. The Morgan fingerprint density at radius 2 is 1.59 bits per heavy atom. The van der Waals surface area contributed by atoms with Gasteiger partial charge in [0.1, 0.15) is 6.04 Å². The van der Waals surface area contributed by atoms with Crippen molar-refractivity contribution >= 4 is 39.1 Å². The summed E-state index contributed by atoms with van der Waals surface area (Å²) < 4.78 is 29.0. The van der Waals surface area contributed by atoms with Crippen molar-refractivity contribution in [1.29, 1.82) is 0 Å². The van der Waals surface area contributed by atoms with Gasteiger partial charge in [-0.25, -0.2) is 13.3 Å². The molecule has 2 aromatic rings. The number of nitrogens with zero attached hydrogens (tertiary/aromatic N) is 2. The van der Waals surface area contributed by atoms with Crippen molar-refractivity contribution in [2.75, 3.05) is 10.2 Å². The highest BCUT2D eigenvalue weighted by Gasteiger charge is 2.49. The molecule has 2 aliphatic rings. The number of imide groups is 1. The molecule has 4 rings (SSSR count). The summed E-state index contributed by atoms with van der Waals surface area (Å²) in [7, 11) is -4.08. The number of aryl methyl sites for hydroxylation is 1. The van der Waals surface area contributed by atoms with Crippen LogP contribution in [0.25, 0.3) is 0 Å². The first-order valence-electron chi connectivity index (χ1n) is 11.5. The second kappa shape index (κ2) is 9.68. The van der Waals surface area contributed by atoms with Gasteiger partial charge in [0.2, 0.25) is 21.8 Å². The minimum absolute atomic E-state index is 0.0289. The molecule has 9 heteroatoms. The first-order valence-corrected chi connectivity index (χ1v) is 13.0. The molecule has 2 fully saturated rings. The number of benzene rings is 2. The predicted octanol–water partition coefficient (Wildman–Crippen LogP) is 3.61. The number of amides is 3. The third-order valence-corrected chi connectivity index (χ3v) is 8.38. The van der Waals surface area contributed by atoms with Crippen LogP contribution >= 0.6 is 0 Å². The van der Waals surface area contributed by atoms with Crippen LogP contribution in [0.15, 0.2) is 53.4 Å². The minimum atomic E-state index is -4.08. The zero-order valence-electron chi connectivity index (χ0n) is 19.4. The Labute approximate surface area is 200 Å². The summed E-state index contributed by atoms with van der Waals surface area (Å²) in [6.07, 6.45) is 3.86. The van der Waals surface area contributed by atoms with Gasteiger partial charge in [0, 0.05) is 18.7 Å². The lowest BCUT2D eigenvalue weighted by Crippen LogP contribution is -2.51. The van der Waals surface area contributed by atoms with Crippen molar-refractivity contribution in [1.82, 2.24) is 4.31 Å². The monoisotopic (exact) mass is 483 g/mol. The Balaban J connectivity index is 1.70. The Kier molecular flexibility index (Phi) is 6.86. The molecule has 2 aromatic carbocycles. The molecule has 1 heterocycles. The van der Waals surface area contributed by atoms with E-state index in [0.29, 0.717) is 24.2 Å². The standard InChI is InChI=1S/C25H29N3O5S/c1-17-8-12-20(13-9-17)27-24(30)16-23(25(27)31)28(21-6-4-3-5-7-21)34(32,33)22-14-10-19(11-15-22)26-18(2)29/h8-15,21,23H,3-7,16H2,1-2H3,(H,26,29). The van der Waals surface area contributed by atoms with Gasteiger partial charge in [-0.3, -0.25) is 14.4 Å². The highest BCUT2D eigenvalue weighted by Crippen LogP contribution is 2.35. The minimum Gasteiger partial charge on any atom is -0.326 e. The SMILES string of the molecule is CC(=O)Nc1ccc(S(=O)(=O)N(C2CCCCC2)C2CC(=O)N(c3ccc(C)cc3)C2=O)cc1. The number of hydrogen-bond donors (Lipinski definition) is 1. The van der Waals surface area contributed by atoms with Crippen LogP contribution < -0.4 is 10.2 Å². The van der Waals surface area contributed by atoms with E-state index in [9.17, 15) is 22.8 Å². The number of hydrogen-bond acceptors (Lipinski definition) is 5. The molecular weight excluding hydrogens is 454 g/mol. The van der Waals surface area contributed by atoms with Gasteiger partial charge >= 0.3 is 0 Å². The first kappa shape index (κ1) is 24.1. The first-order chi connectivity index (χ1) is 16.2. The topological polar surface area (TPSA) is 104 Å². The quantitative estimate of drug-likeness (QED) is 0.632. The van der Waals surface area contributed by atoms with Crippen LogP contribution in [-0.4, -0.2) is 42.5 Å². The highest BCUT2D eigenvalue weighted by molar-refractivity contribution is 7.89. The summed E-state index contributed by atoms with van der Waals surface area (Å²) in [6.45, 7) is 3.28. The molecule has 1 unspecified atom stereocenters. The average Bonchev–Trinajstić information content (AvgIpc) is 3.08. The van der Waals surface area contributed by atoms with Crippen LogP contribution in [-0.2, 0) is 24.4 Å². The maximum atomic E-state index is 13.8. The molecule has 0 radical (unpaired) electrons. The van der Waals surface area contributed by atoms with Gasteiger partial charge in [-0.15, -0.1) is 0 Å². The maximum Gasteiger partial charge on any atom is 0.252 e. The van der Waals surface area contributed by atoms with E-state index in [1.54, 1.807) is 12.1 Å². The van der Waals surface area contributed by atoms with E-state index >= 15 is 0 Å². The Hall–Kier alpha value is -3.04. The third-order valence-electron chi connectivity index (χ3n) is 6.41. The summed E-state index contributed by atoms with van der Waals surface area (Å²) in [6, 6.07) is 11.5. The van der Waals surface area contributed by atoms with E-state index in [4.69, 9.17) is 0 Å². The van der Waals surface area contributed by atoms with Crippen LogP contribution in [0, 0.1) is 6.92 Å². The average molecular weight is 484 g/mol. The zero-order valence-corrected chi connectivity index (χ0v) is 20.2. The van der Waals surface area contributed by atoms with E-state index in [0.717, 1.165) is 29.7 Å². The molecule has 1 aliphatic heterocycles. The summed E-state index contributed by atoms with van der Waals surface area (Å²) in [5, 5.41) is 2.62. The van der Waals surface area contributed by atoms with Gasteiger partial charge in [0.15, 0.2) is 0 Å². The summed E-state index contributed by atoms with van der Waals surface area (Å²) in [5.74, 6) is -1.18. The zero-order chi connectivity index (χ0) is 24.5. The van der Waals surface area contributed by atoms with E-state index in [1.807, 2.05) is 19.1 Å². The summed E-state index contributed by atoms with van der Waals surface area (Å²) >= 11 is 0. The van der Waals surface area contributed by atoms with Crippen molar-refractivity contribution < 1.29 is 22.8 Å². The largest absolute Gasteiger partial charge is 0.326 e. The smallest absolute Gasteiger partial charge is 0.252 e. The molecule has 1 N–H and O–H groups in total. The van der Waals surface area contributed by atoms with Gasteiger partial charge in [-0.1, -0.05) is 37.0 Å². The highest BCUT2D eigenvalue weighted by atomic mass is 32.2. The third kappa shape index (κ3) is 4.76. The van der Waals surface area contributed by atoms with Crippen molar-refractivity contribution in [2.24, 2.45) is 0 Å². The fourth-order valence-corrected chi connectivity index (χ4v) is 6.60. The van der Waals surface area contributed by atoms with Crippen LogP contribution in [0.5, 0.6) is 0 Å². The van der Waals surface area contributed by atoms with Gasteiger partial charge in [-0.2, -0.15) is 4.31 Å². The fourth-order valence-electron chi connectivity index (χ4n) is 4.77. The van der Waals surface area contributed by atoms with Gasteiger partial charge in [0.25, 0.3) is 5.91 Å². The molecule has 1 saturated carbocycles. The summed E-state index contributed by atoms with van der Waals surface area (Å²) in [5.41, 5.74) is 1.92. The molecule has 1 saturated heterocycles. The predicted molar refractivity (Wildman–Crippen MR) is 129 cm³/mol. The van der Waals surface area contributed by atoms with Crippen molar-refractivity contribution in [3.63, 3.8) is 0 Å². The molecule has 34 heavy (non-hydrogen) atoms. The Bertz CT molecular complexity index is 1190. The van der Waals surface area contributed by atoms with Gasteiger partial charge in [0.05, 0.1) is 17.0 Å². The van der Waals surface area contributed by atoms with E-state index < -0.39 is 27.9 Å². The van der Waals surface area contributed by atoms with Crippen LogP contribution in [0.4, 0.5) is 11.4 Å². The van der Waals surface area contributed by atoms with E-state index in [-0.39, 0.29) is 23.3 Å². The Morgan fingerprint density at radius 1 is 0.971 bits per heavy atom. The maximum absolute atomic E-state index is 13.8. The molecule has 0 bridgehead atoms. The molecule has 0 aromatic heterocycles. The number of carbonyl (C=O) groups is 3. The van der Waals surface area contributed by atoms with Crippen molar-refractivity contribution in [3.8, 4) is 0 Å². The lowest BCUT2D eigenvalue weighted by molar-refractivity contribution is -0.122. The number of nitrogens with one attached hydrogen (secondary N) is 1. The molecule has 0 spiro atoms. The number of sulfonamides is 1. The molecule has 1 aliphatic carbocycles. The molecule has 1 atom stereocenters. The van der Waals surface area contributed by atoms with E-state index in [2.05, 4.69) is 5.32 Å². The number of rotatable bonds is 6. The van der Waals surface area contributed by atoms with Gasteiger partial charge in [-0.05, 0) is 56.2 Å². The molecular formula is C25H29N3O5S. The Morgan fingerprint density at radius 3 is 2.18 bits per heavy atom. The lowest BCUT2D eigenvalue weighted by atomic mass is 9.94. The fraction of sp³-hybridized carbons (Fsp3) is 0.400. The molecule has 3 amide bonds. The number of carbonyl (C=O) groups excluding carboxylic acids is 3. The number of anilines is 2. The normalized spacial score (nSPS) is 19.6. The summed E-state index contributed by atoms with van der Waals surface area (Å²) in [4.78, 5) is 38.9. The van der Waals surface area contributed by atoms with Crippen LogP contribution in [0.1, 0.15) is 51.0 Å². The second-order valence-corrected chi connectivity index (χ2v) is 10.8. The van der Waals surface area contributed by atoms with Crippen molar-refractivity contribution in [2.45, 2.75) is 69.4 Å². The van der Waals surface area contributed by atoms with Crippen molar-refractivity contribution in [3.05, 3.63) is 54.1 Å². The van der Waals surface area contributed by atoms with E-state index in [1.165, 1.54) is 35.5 Å². The van der Waals surface area contributed by atoms with Crippen LogP contribution in [0.3, 0.4) is 0 Å². The van der Waals surface area contributed by atoms with Gasteiger partial charge < -0.3 is 5.32 Å². The molecule has 8 nitrogen and oxygen atoms in total. The van der Waals surface area contributed by atoms with Crippen LogP contribution in [0.2, 0.25) is 0 Å². The molecule has 180 valence electrons. The second-order valence-electron chi connectivity index (χ2n) is 8.96.